The predicted octanol–water partition coefficient (Wildman–Crippen LogP) is -2.46. The molecule has 39 nitrogen and oxygen atoms in total. The molecule has 41 heteroatoms. The van der Waals surface area contributed by atoms with Crippen molar-refractivity contribution in [1.82, 2.24) is 79.1 Å². The van der Waals surface area contributed by atoms with Gasteiger partial charge in [0, 0.05) is 77.9 Å². The molecule has 0 aliphatic rings. The Labute approximate surface area is 703 Å². The van der Waals surface area contributed by atoms with Crippen molar-refractivity contribution in [3.05, 3.63) is 168 Å². The summed E-state index contributed by atoms with van der Waals surface area (Å²) in [5, 5.41) is 102. The summed E-state index contributed by atoms with van der Waals surface area (Å²) >= 11 is 8.40. The van der Waals surface area contributed by atoms with E-state index in [2.05, 4.69) is 104 Å². The topological polar surface area (TPSA) is 641 Å². The van der Waals surface area contributed by atoms with E-state index in [-0.39, 0.29) is 67.2 Å². The second-order valence-corrected chi connectivity index (χ2v) is 29.5. The van der Waals surface area contributed by atoms with E-state index in [1.165, 1.54) is 63.4 Å². The number of aliphatic carboxylic acids is 3. The van der Waals surface area contributed by atoms with Crippen LogP contribution in [0.3, 0.4) is 0 Å². The molecule has 0 bridgehead atoms. The Hall–Kier alpha value is -13.3. The van der Waals surface area contributed by atoms with Crippen molar-refractivity contribution >= 4 is 142 Å². The molecule has 0 spiro atoms. The van der Waals surface area contributed by atoms with Crippen molar-refractivity contribution in [3.8, 4) is 11.5 Å². The van der Waals surface area contributed by atoms with Crippen molar-refractivity contribution < 1.29 is 103 Å². The van der Waals surface area contributed by atoms with Gasteiger partial charge in [0.2, 0.25) is 70.9 Å². The van der Waals surface area contributed by atoms with Gasteiger partial charge in [-0.3, -0.25) is 72.5 Å². The van der Waals surface area contributed by atoms with Gasteiger partial charge in [0.15, 0.2) is 5.96 Å². The van der Waals surface area contributed by atoms with Gasteiger partial charge in [0.05, 0.1) is 25.5 Å². The average molecular weight is 1710 g/mol. The van der Waals surface area contributed by atoms with Crippen LogP contribution < -0.4 is 80.6 Å². The molecule has 7 aromatic rings. The summed E-state index contributed by atoms with van der Waals surface area (Å²) < 4.78 is 0. The minimum atomic E-state index is -2.15. The van der Waals surface area contributed by atoms with Gasteiger partial charge in [0.1, 0.15) is 84.0 Å². The number of carbonyl (C=O) groups is 15. The van der Waals surface area contributed by atoms with E-state index in [0.29, 0.717) is 44.1 Å². The molecule has 2 aromatic heterocycles. The molecule has 0 aliphatic carbocycles. The highest BCUT2D eigenvalue weighted by Crippen LogP contribution is 2.23. The third kappa shape index (κ3) is 29.3. The van der Waals surface area contributed by atoms with Crippen LogP contribution in [0.1, 0.15) is 74.3 Å². The van der Waals surface area contributed by atoms with Gasteiger partial charge in [-0.25, -0.2) is 4.79 Å². The maximum Gasteiger partial charge on any atom is 0.326 e. The predicted molar refractivity (Wildman–Crippen MR) is 446 cm³/mol. The molecule has 0 saturated heterocycles. The number of hydrogen-bond acceptors (Lipinski definition) is 22. The lowest BCUT2D eigenvalue weighted by Crippen LogP contribution is -2.62. The fourth-order valence-electron chi connectivity index (χ4n) is 12.6. The standard InChI is InChI=1S/C80H100N18O21S2/c1-40(2)66(78(117)97-63(39-121)77(116)94-60(79(118)119)32-46-36-86-53-17-10-8-15-50(46)53)98-74(113)59(34-65(104)105)92-71(110)55(29-42-12-5-4-6-13-42)89-70(109)56(30-44-21-25-48(101)26-22-44)90-72(111)57(31-45-35-85-52-16-9-7-14-49(45)52)91-73(112)58(33-64(102)103)93-75(114)61(37-99)95-69(108)54(18-11-27-84-80(82)83)88-67(106)41(3)87-76(115)62(38-120)96-68(107)51(81)28-43-19-23-47(100)24-20-43/h4-10,12-17,19-26,35-36,40-41,51,54-63,66,85-86,99-101,120-121H,11,18,27-34,37-39,81H2,1-3H3,(H,87,115)(H,88,106)(H,89,109)(H,90,111)(H,91,112)(H,92,110)(H,93,114)(H,94,116)(H,95,108)(H,96,107)(H,97,117)(H,98,113)(H,102,103)(H,104,105)(H,118,119)(H4,82,83,84)/t41-,51-,54-,55-,56-,57-,58-,59-,60-,61-,62-,63-,66-/m0/s1. The van der Waals surface area contributed by atoms with Crippen LogP contribution in [0.25, 0.3) is 21.8 Å². The number of benzene rings is 5. The number of aromatic hydroxyl groups is 2. The van der Waals surface area contributed by atoms with Crippen molar-refractivity contribution in [2.75, 3.05) is 24.7 Å². The highest BCUT2D eigenvalue weighted by atomic mass is 32.1. The third-order valence-corrected chi connectivity index (χ3v) is 19.9. The number of phenols is 2. The number of carbonyl (C=O) groups excluding carboxylic acids is 12. The Morgan fingerprint density at radius 3 is 1.23 bits per heavy atom. The third-order valence-electron chi connectivity index (χ3n) is 19.2. The maximum absolute atomic E-state index is 15.3. The smallest absolute Gasteiger partial charge is 0.326 e. The average Bonchev–Trinajstić information content (AvgIpc) is 2.04. The van der Waals surface area contributed by atoms with Crippen LogP contribution in [0.5, 0.6) is 11.5 Å². The van der Waals surface area contributed by atoms with Crippen LogP contribution in [-0.2, 0) is 104 Å². The van der Waals surface area contributed by atoms with Gasteiger partial charge in [0.25, 0.3) is 0 Å². The number of aliphatic hydroxyl groups is 1. The molecule has 2 heterocycles. The summed E-state index contributed by atoms with van der Waals surface area (Å²) in [6.07, 6.45) is -0.935. The van der Waals surface area contributed by atoms with E-state index in [1.54, 1.807) is 97.2 Å². The van der Waals surface area contributed by atoms with Gasteiger partial charge in [-0.05, 0) is 96.3 Å². The number of aliphatic hydroxyl groups excluding tert-OH is 1. The van der Waals surface area contributed by atoms with E-state index in [0.717, 1.165) is 0 Å². The summed E-state index contributed by atoms with van der Waals surface area (Å²) in [4.78, 5) is 215. The molecule has 5 aromatic carbocycles. The quantitative estimate of drug-likeness (QED) is 0.00814. The molecule has 12 amide bonds. The van der Waals surface area contributed by atoms with E-state index in [4.69, 9.17) is 16.9 Å². The molecule has 121 heavy (non-hydrogen) atoms. The first-order chi connectivity index (χ1) is 57.5. The number of aromatic amines is 2. The van der Waals surface area contributed by atoms with Crippen LogP contribution in [0, 0.1) is 11.3 Å². The minimum Gasteiger partial charge on any atom is -0.508 e. The number of carboxylic acids is 3. The SMILES string of the molecule is CC(C)[C@H](NC(=O)[C@H](CC(=O)O)NC(=O)[C@H](Cc1ccccc1)NC(=O)[C@H](Cc1ccc(O)cc1)NC(=O)[C@H](Cc1c[nH]c2ccccc12)NC(=O)[C@H](CC(=O)O)NC(=O)[C@H](CO)NC(=O)[C@H](CCCNC(=N)N)NC(=O)[C@H](C)NC(=O)[C@H](CS)NC(=O)[C@@H](N)Cc1ccc(O)cc1)C(=O)N[C@@H](CS)C(=O)N[C@@H](Cc1c[nH]c2ccccc12)C(=O)O. The van der Waals surface area contributed by atoms with Crippen molar-refractivity contribution in [2.45, 2.75) is 157 Å². The number of thiol groups is 2. The number of phenolic OH excluding ortho intramolecular Hbond substituents is 2. The van der Waals surface area contributed by atoms with Gasteiger partial charge in [-0.2, -0.15) is 25.3 Å². The van der Waals surface area contributed by atoms with E-state index < -0.39 is 212 Å². The van der Waals surface area contributed by atoms with E-state index >= 15 is 9.59 Å². The number of amides is 12. The summed E-state index contributed by atoms with van der Waals surface area (Å²) in [7, 11) is 0. The molecule has 13 atom stereocenters. The Bertz CT molecular complexity index is 4840. The minimum absolute atomic E-state index is 0.000959. The Morgan fingerprint density at radius 1 is 0.405 bits per heavy atom. The maximum atomic E-state index is 15.3. The Balaban J connectivity index is 1.10. The first kappa shape index (κ1) is 94.9. The summed E-state index contributed by atoms with van der Waals surface area (Å²) in [5.41, 5.74) is 15.0. The number of aromatic nitrogens is 2. The number of para-hydroxylation sites is 2. The molecular weight excluding hydrogens is 1610 g/mol. The Morgan fingerprint density at radius 2 is 0.769 bits per heavy atom. The van der Waals surface area contributed by atoms with Gasteiger partial charge < -0.3 is 121 Å². The Kier molecular flexibility index (Phi) is 36.2. The van der Waals surface area contributed by atoms with E-state index in [9.17, 15) is 93.0 Å². The largest absolute Gasteiger partial charge is 0.508 e. The molecule has 0 saturated carbocycles. The van der Waals surface area contributed by atoms with Crippen LogP contribution in [0.2, 0.25) is 0 Å². The summed E-state index contributed by atoms with van der Waals surface area (Å²) in [6.45, 7) is 2.96. The zero-order chi connectivity index (χ0) is 88.7. The number of fused-ring (bicyclic) bond motifs is 2. The highest BCUT2D eigenvalue weighted by Gasteiger charge is 2.39. The number of hydrogen-bond donors (Lipinski definition) is 26. The van der Waals surface area contributed by atoms with Crippen molar-refractivity contribution in [1.29, 1.82) is 5.41 Å². The van der Waals surface area contributed by atoms with Gasteiger partial charge >= 0.3 is 17.9 Å². The molecule has 7 rings (SSSR count). The number of guanidine groups is 1. The number of nitrogens with one attached hydrogen (secondary N) is 16. The van der Waals surface area contributed by atoms with Gasteiger partial charge in [-0.15, -0.1) is 0 Å². The number of rotatable bonds is 47. The first-order valence-electron chi connectivity index (χ1n) is 38.2. The lowest BCUT2D eigenvalue weighted by Gasteiger charge is -2.29. The molecule has 648 valence electrons. The lowest BCUT2D eigenvalue weighted by atomic mass is 10.00. The van der Waals surface area contributed by atoms with Crippen LogP contribution in [0.15, 0.2) is 140 Å². The molecule has 0 radical (unpaired) electrons. The molecule has 0 fully saturated rings. The number of carboxylic acid groups (broad SMARTS) is 3. The molecule has 26 N–H and O–H groups in total. The normalized spacial score (nSPS) is 14.4. The number of nitrogens with two attached hydrogens (primary N) is 2. The second kappa shape index (κ2) is 46.2. The molecule has 0 unspecified atom stereocenters. The van der Waals surface area contributed by atoms with Crippen molar-refractivity contribution in [3.63, 3.8) is 0 Å². The van der Waals surface area contributed by atoms with Crippen LogP contribution >= 0.6 is 25.3 Å². The van der Waals surface area contributed by atoms with Crippen LogP contribution in [0.4, 0.5) is 0 Å². The zero-order valence-electron chi connectivity index (χ0n) is 65.9. The van der Waals surface area contributed by atoms with Crippen molar-refractivity contribution in [2.24, 2.45) is 17.4 Å². The lowest BCUT2D eigenvalue weighted by molar-refractivity contribution is -0.142. The van der Waals surface area contributed by atoms with Gasteiger partial charge in [-0.1, -0.05) is 105 Å². The first-order valence-corrected chi connectivity index (χ1v) is 39.5. The summed E-state index contributed by atoms with van der Waals surface area (Å²) in [5.74, 6) is -20.0. The zero-order valence-corrected chi connectivity index (χ0v) is 67.7. The fourth-order valence-corrected chi connectivity index (χ4v) is 13.1. The molecule has 0 aliphatic heterocycles. The fraction of sp³-hybridized carbons (Fsp3) is 0.375. The van der Waals surface area contributed by atoms with E-state index in [1.807, 2.05) is 0 Å². The summed E-state index contributed by atoms with van der Waals surface area (Å²) in [6, 6.07) is 11.3. The molecular formula is C80H100N18O21S2. The van der Waals surface area contributed by atoms with Crippen LogP contribution in [-0.4, -0.2) is 239 Å². The second-order valence-electron chi connectivity index (χ2n) is 28.8. The monoisotopic (exact) mass is 1710 g/mol. The highest BCUT2D eigenvalue weighted by molar-refractivity contribution is 7.80. The number of H-pyrrole nitrogens is 2.